The molecule has 20 heavy (non-hydrogen) atoms. The van der Waals surface area contributed by atoms with E-state index in [2.05, 4.69) is 42.3 Å². The fraction of sp³-hybridized carbons (Fsp3) is 0.312. The number of halogens is 1. The zero-order valence-corrected chi connectivity index (χ0v) is 12.4. The topological polar surface area (TPSA) is 28.2 Å². The zero-order valence-electron chi connectivity index (χ0n) is 12.4. The first kappa shape index (κ1) is 14.5. The minimum atomic E-state index is -0.312. The molecule has 0 aliphatic carbocycles. The molecule has 106 valence electrons. The fourth-order valence-corrected chi connectivity index (χ4v) is 2.39. The number of aryl methyl sites for hydroxylation is 2. The number of nitrogens with one attached hydrogen (secondary N) is 1. The highest BCUT2D eigenvalue weighted by Crippen LogP contribution is 2.28. The molecule has 0 unspecified atom stereocenters. The van der Waals surface area contributed by atoms with E-state index < -0.39 is 0 Å². The van der Waals surface area contributed by atoms with Crippen molar-refractivity contribution in [2.24, 2.45) is 0 Å². The third-order valence-corrected chi connectivity index (χ3v) is 3.31. The summed E-state index contributed by atoms with van der Waals surface area (Å²) in [5, 5.41) is 3.05. The maximum Gasteiger partial charge on any atom is 0.141 e. The normalized spacial score (nSPS) is 10.7. The predicted molar refractivity (Wildman–Crippen MR) is 80.9 cm³/mol. The first-order valence-corrected chi connectivity index (χ1v) is 6.63. The van der Waals surface area contributed by atoms with Crippen LogP contribution in [0.1, 0.15) is 16.7 Å². The van der Waals surface area contributed by atoms with Gasteiger partial charge in [0.2, 0.25) is 0 Å². The number of hydrogen-bond donors (Lipinski definition) is 1. The molecule has 2 rings (SSSR count). The molecule has 0 fully saturated rings. The molecule has 0 spiro atoms. The van der Waals surface area contributed by atoms with Crippen molar-refractivity contribution in [3.63, 3.8) is 0 Å². The standard InChI is InChI=1S/C16H20FN3/c1-11-5-6-15(12(2)7-11)20(4)16-13(9-18-3)8-14(17)10-19-16/h5-8,10,18H,9H2,1-4H3. The molecule has 1 heterocycles. The summed E-state index contributed by atoms with van der Waals surface area (Å²) in [4.78, 5) is 6.25. The number of hydrogen-bond acceptors (Lipinski definition) is 3. The Labute approximate surface area is 119 Å². The van der Waals surface area contributed by atoms with E-state index in [9.17, 15) is 4.39 Å². The molecule has 0 bridgehead atoms. The molecule has 0 radical (unpaired) electrons. The van der Waals surface area contributed by atoms with E-state index >= 15 is 0 Å². The predicted octanol–water partition coefficient (Wildman–Crippen LogP) is 3.32. The van der Waals surface area contributed by atoms with Crippen LogP contribution in [0.15, 0.2) is 30.5 Å². The number of rotatable bonds is 4. The minimum Gasteiger partial charge on any atom is -0.329 e. The van der Waals surface area contributed by atoms with Crippen LogP contribution in [-0.2, 0) is 6.54 Å². The monoisotopic (exact) mass is 273 g/mol. The lowest BCUT2D eigenvalue weighted by Crippen LogP contribution is -2.17. The molecule has 2 aromatic rings. The first-order chi connectivity index (χ1) is 9.52. The van der Waals surface area contributed by atoms with E-state index in [0.717, 1.165) is 17.1 Å². The minimum absolute atomic E-state index is 0.312. The van der Waals surface area contributed by atoms with Crippen molar-refractivity contribution in [3.8, 4) is 0 Å². The molecular formula is C16H20FN3. The van der Waals surface area contributed by atoms with Crippen molar-refractivity contribution >= 4 is 11.5 Å². The van der Waals surface area contributed by atoms with E-state index in [0.29, 0.717) is 6.54 Å². The summed E-state index contributed by atoms with van der Waals surface area (Å²) in [6.07, 6.45) is 1.26. The Balaban J connectivity index is 2.44. The summed E-state index contributed by atoms with van der Waals surface area (Å²) in [6, 6.07) is 7.80. The van der Waals surface area contributed by atoms with Crippen LogP contribution in [-0.4, -0.2) is 19.1 Å². The highest BCUT2D eigenvalue weighted by molar-refractivity contribution is 5.65. The molecule has 0 saturated carbocycles. The Morgan fingerprint density at radius 2 is 2.00 bits per heavy atom. The van der Waals surface area contributed by atoms with Crippen molar-refractivity contribution in [2.45, 2.75) is 20.4 Å². The second kappa shape index (κ2) is 6.01. The second-order valence-electron chi connectivity index (χ2n) is 5.02. The molecule has 0 aliphatic rings. The van der Waals surface area contributed by atoms with Gasteiger partial charge in [-0.05, 0) is 38.6 Å². The summed E-state index contributed by atoms with van der Waals surface area (Å²) in [5.41, 5.74) is 4.32. The SMILES string of the molecule is CNCc1cc(F)cnc1N(C)c1ccc(C)cc1C. The average molecular weight is 273 g/mol. The third kappa shape index (κ3) is 2.96. The molecule has 4 heteroatoms. The van der Waals surface area contributed by atoms with E-state index in [1.807, 2.05) is 19.0 Å². The molecule has 1 aromatic carbocycles. The van der Waals surface area contributed by atoms with Crippen LogP contribution >= 0.6 is 0 Å². The zero-order chi connectivity index (χ0) is 14.7. The van der Waals surface area contributed by atoms with E-state index in [1.54, 1.807) is 0 Å². The summed E-state index contributed by atoms with van der Waals surface area (Å²) in [6.45, 7) is 4.72. The van der Waals surface area contributed by atoms with Crippen LogP contribution in [0.3, 0.4) is 0 Å². The van der Waals surface area contributed by atoms with Crippen molar-refractivity contribution in [3.05, 3.63) is 53.0 Å². The highest BCUT2D eigenvalue weighted by Gasteiger charge is 2.13. The number of benzene rings is 1. The van der Waals surface area contributed by atoms with Gasteiger partial charge < -0.3 is 10.2 Å². The van der Waals surface area contributed by atoms with Crippen molar-refractivity contribution < 1.29 is 4.39 Å². The average Bonchev–Trinajstić information content (AvgIpc) is 2.38. The lowest BCUT2D eigenvalue weighted by Gasteiger charge is -2.23. The van der Waals surface area contributed by atoms with Crippen LogP contribution < -0.4 is 10.2 Å². The lowest BCUT2D eigenvalue weighted by atomic mass is 10.1. The Kier molecular flexibility index (Phi) is 4.35. The van der Waals surface area contributed by atoms with Crippen molar-refractivity contribution in [1.82, 2.24) is 10.3 Å². The van der Waals surface area contributed by atoms with Crippen LogP contribution in [0, 0.1) is 19.7 Å². The quantitative estimate of drug-likeness (QED) is 0.926. The maximum atomic E-state index is 13.4. The van der Waals surface area contributed by atoms with Crippen LogP contribution in [0.25, 0.3) is 0 Å². The molecule has 0 saturated heterocycles. The first-order valence-electron chi connectivity index (χ1n) is 6.63. The smallest absolute Gasteiger partial charge is 0.141 e. The van der Waals surface area contributed by atoms with Gasteiger partial charge in [-0.3, -0.25) is 0 Å². The molecule has 1 aromatic heterocycles. The van der Waals surface area contributed by atoms with Gasteiger partial charge in [-0.15, -0.1) is 0 Å². The maximum absolute atomic E-state index is 13.4. The van der Waals surface area contributed by atoms with Crippen molar-refractivity contribution in [2.75, 3.05) is 19.0 Å². The van der Waals surface area contributed by atoms with Crippen LogP contribution in [0.2, 0.25) is 0 Å². The molecule has 1 N–H and O–H groups in total. The van der Waals surface area contributed by atoms with E-state index in [-0.39, 0.29) is 5.82 Å². The number of pyridine rings is 1. The van der Waals surface area contributed by atoms with Gasteiger partial charge in [0, 0.05) is 24.8 Å². The van der Waals surface area contributed by atoms with Gasteiger partial charge in [0.05, 0.1) is 6.20 Å². The van der Waals surface area contributed by atoms with Gasteiger partial charge in [-0.25, -0.2) is 9.37 Å². The third-order valence-electron chi connectivity index (χ3n) is 3.31. The second-order valence-corrected chi connectivity index (χ2v) is 5.02. The van der Waals surface area contributed by atoms with Gasteiger partial charge in [0.15, 0.2) is 0 Å². The van der Waals surface area contributed by atoms with Gasteiger partial charge in [-0.2, -0.15) is 0 Å². The van der Waals surface area contributed by atoms with Gasteiger partial charge >= 0.3 is 0 Å². The van der Waals surface area contributed by atoms with Crippen LogP contribution in [0.5, 0.6) is 0 Å². The largest absolute Gasteiger partial charge is 0.329 e. The summed E-state index contributed by atoms with van der Waals surface area (Å²) in [7, 11) is 3.79. The highest BCUT2D eigenvalue weighted by atomic mass is 19.1. The van der Waals surface area contributed by atoms with Gasteiger partial charge in [0.25, 0.3) is 0 Å². The Morgan fingerprint density at radius 3 is 2.65 bits per heavy atom. The van der Waals surface area contributed by atoms with Crippen molar-refractivity contribution in [1.29, 1.82) is 0 Å². The molecule has 0 amide bonds. The summed E-state index contributed by atoms with van der Waals surface area (Å²) in [5.74, 6) is 0.459. The molecular weight excluding hydrogens is 253 g/mol. The van der Waals surface area contributed by atoms with E-state index in [1.165, 1.54) is 23.4 Å². The Hall–Kier alpha value is -1.94. The summed E-state index contributed by atoms with van der Waals surface area (Å²) < 4.78 is 13.4. The Bertz CT molecular complexity index is 611. The fourth-order valence-electron chi connectivity index (χ4n) is 2.39. The lowest BCUT2D eigenvalue weighted by molar-refractivity contribution is 0.616. The molecule has 0 atom stereocenters. The Morgan fingerprint density at radius 1 is 1.25 bits per heavy atom. The molecule has 3 nitrogen and oxygen atoms in total. The molecule has 0 aliphatic heterocycles. The van der Waals surface area contributed by atoms with Gasteiger partial charge in [0.1, 0.15) is 11.6 Å². The number of aromatic nitrogens is 1. The number of anilines is 2. The number of nitrogens with zero attached hydrogens (tertiary/aromatic N) is 2. The van der Waals surface area contributed by atoms with Crippen LogP contribution in [0.4, 0.5) is 15.9 Å². The van der Waals surface area contributed by atoms with Gasteiger partial charge in [-0.1, -0.05) is 17.7 Å². The van der Waals surface area contributed by atoms with E-state index in [4.69, 9.17) is 0 Å². The summed E-state index contributed by atoms with van der Waals surface area (Å²) >= 11 is 0.